The molecule has 33 heavy (non-hydrogen) atoms. The Morgan fingerprint density at radius 3 is 2.76 bits per heavy atom. The van der Waals surface area contributed by atoms with Crippen molar-refractivity contribution in [2.45, 2.75) is 25.8 Å². The monoisotopic (exact) mass is 445 g/mol. The number of benzene rings is 1. The number of anilines is 2. The molecule has 0 radical (unpaired) electrons. The second-order valence-electron chi connectivity index (χ2n) is 8.21. The minimum atomic E-state index is 0.492. The van der Waals surface area contributed by atoms with E-state index in [4.69, 9.17) is 9.47 Å². The number of hydrogen-bond donors (Lipinski definition) is 1. The summed E-state index contributed by atoms with van der Waals surface area (Å²) in [5.41, 5.74) is 0.805. The minimum Gasteiger partial charge on any atom is -0.491 e. The molecule has 0 aliphatic carbocycles. The zero-order valence-electron chi connectivity index (χ0n) is 18.8. The van der Waals surface area contributed by atoms with E-state index in [-0.39, 0.29) is 0 Å². The van der Waals surface area contributed by atoms with Crippen LogP contribution >= 0.6 is 0 Å². The van der Waals surface area contributed by atoms with Gasteiger partial charge in [0.25, 0.3) is 0 Å². The normalized spacial score (nSPS) is 16.2. The molecule has 5 rings (SSSR count). The molecule has 3 aromatic heterocycles. The topological polar surface area (TPSA) is 90.2 Å². The van der Waals surface area contributed by atoms with Crippen LogP contribution in [0.5, 0.6) is 17.4 Å². The van der Waals surface area contributed by atoms with Gasteiger partial charge in [-0.25, -0.2) is 15.0 Å². The first-order valence-corrected chi connectivity index (χ1v) is 11.2. The van der Waals surface area contributed by atoms with Crippen LogP contribution < -0.4 is 14.8 Å². The number of rotatable bonds is 8. The molecule has 1 aromatic carbocycles. The van der Waals surface area contributed by atoms with Crippen molar-refractivity contribution in [3.63, 3.8) is 0 Å². The Morgan fingerprint density at radius 1 is 1.09 bits per heavy atom. The third-order valence-corrected chi connectivity index (χ3v) is 5.84. The number of nitrogens with one attached hydrogen (secondary N) is 1. The van der Waals surface area contributed by atoms with Crippen LogP contribution in [0.2, 0.25) is 0 Å². The maximum atomic E-state index is 5.97. The predicted octanol–water partition coefficient (Wildman–Crippen LogP) is 4.16. The molecule has 1 aliphatic rings. The summed E-state index contributed by atoms with van der Waals surface area (Å²) in [6, 6.07) is 11.9. The molecule has 0 bridgehead atoms. The Bertz CT molecular complexity index is 1230. The average molecular weight is 446 g/mol. The van der Waals surface area contributed by atoms with Gasteiger partial charge in [0.15, 0.2) is 5.82 Å². The Hall–Kier alpha value is -3.72. The summed E-state index contributed by atoms with van der Waals surface area (Å²) >= 11 is 0. The second-order valence-corrected chi connectivity index (χ2v) is 8.21. The van der Waals surface area contributed by atoms with Crippen LogP contribution in [0.3, 0.4) is 0 Å². The van der Waals surface area contributed by atoms with Crippen molar-refractivity contribution < 1.29 is 9.47 Å². The van der Waals surface area contributed by atoms with E-state index in [1.54, 1.807) is 10.9 Å². The van der Waals surface area contributed by atoms with Crippen LogP contribution in [-0.4, -0.2) is 55.4 Å². The third kappa shape index (κ3) is 5.04. The van der Waals surface area contributed by atoms with E-state index in [0.29, 0.717) is 35.9 Å². The largest absolute Gasteiger partial charge is 0.491 e. The van der Waals surface area contributed by atoms with Crippen LogP contribution in [0.4, 0.5) is 11.6 Å². The highest BCUT2D eigenvalue weighted by Gasteiger charge is 2.19. The third-order valence-electron chi connectivity index (χ3n) is 5.84. The quantitative estimate of drug-likeness (QED) is 0.432. The molecule has 4 aromatic rings. The van der Waals surface area contributed by atoms with E-state index in [1.165, 1.54) is 19.2 Å². The number of pyridine rings is 1. The van der Waals surface area contributed by atoms with Crippen LogP contribution in [0.1, 0.15) is 19.8 Å². The second kappa shape index (κ2) is 9.41. The molecular formula is C24H27N7O2. The van der Waals surface area contributed by atoms with Crippen molar-refractivity contribution in [3.05, 3.63) is 55.1 Å². The molecule has 170 valence electrons. The van der Waals surface area contributed by atoms with E-state index in [1.807, 2.05) is 49.6 Å². The Morgan fingerprint density at radius 2 is 2.00 bits per heavy atom. The summed E-state index contributed by atoms with van der Waals surface area (Å²) in [5, 5.41) is 8.41. The molecule has 0 saturated carbocycles. The molecule has 1 fully saturated rings. The van der Waals surface area contributed by atoms with Gasteiger partial charge in [0.2, 0.25) is 5.88 Å². The van der Waals surface area contributed by atoms with Gasteiger partial charge in [0, 0.05) is 43.4 Å². The highest BCUT2D eigenvalue weighted by molar-refractivity contribution is 5.91. The summed E-state index contributed by atoms with van der Waals surface area (Å²) in [5.74, 6) is 3.24. The van der Waals surface area contributed by atoms with Crippen molar-refractivity contribution in [2.24, 2.45) is 7.05 Å². The number of nitrogens with zero attached hydrogens (tertiary/aromatic N) is 6. The first kappa shape index (κ1) is 21.1. The number of aryl methyl sites for hydroxylation is 1. The Balaban J connectivity index is 1.24. The molecule has 0 unspecified atom stereocenters. The Labute approximate surface area is 192 Å². The molecule has 4 heterocycles. The lowest BCUT2D eigenvalue weighted by Crippen LogP contribution is -2.31. The van der Waals surface area contributed by atoms with E-state index in [2.05, 4.69) is 37.2 Å². The smallest absolute Gasteiger partial charge is 0.219 e. The minimum absolute atomic E-state index is 0.492. The lowest BCUT2D eigenvalue weighted by atomic mass is 10.2. The molecule has 0 spiro atoms. The predicted molar refractivity (Wildman–Crippen MR) is 126 cm³/mol. The first-order valence-electron chi connectivity index (χ1n) is 11.2. The maximum absolute atomic E-state index is 5.97. The van der Waals surface area contributed by atoms with Crippen LogP contribution in [0.15, 0.2) is 55.1 Å². The number of aromatic nitrogens is 5. The first-order chi connectivity index (χ1) is 16.1. The highest BCUT2D eigenvalue weighted by Crippen LogP contribution is 2.29. The number of hydrogen-bond acceptors (Lipinski definition) is 8. The van der Waals surface area contributed by atoms with E-state index in [9.17, 15) is 0 Å². The molecular weight excluding hydrogens is 418 g/mol. The standard InChI is InChI=1S/C24H27N7O2/c1-17-4-3-10-31(17)12-13-32-19-6-8-23(25-15-19)33-18-5-7-21-20(14-18)24(27-16-26-21)28-22-9-11-30(2)29-22/h5-9,11,14-17H,3-4,10,12-13H2,1-2H3,(H,26,27,28,29)/t17-/m0/s1. The molecule has 9 nitrogen and oxygen atoms in total. The lowest BCUT2D eigenvalue weighted by molar-refractivity contribution is 0.204. The van der Waals surface area contributed by atoms with Crippen molar-refractivity contribution >= 4 is 22.5 Å². The van der Waals surface area contributed by atoms with Gasteiger partial charge in [0.1, 0.15) is 30.3 Å². The number of fused-ring (bicyclic) bond motifs is 1. The number of likely N-dealkylation sites (tertiary alicyclic amines) is 1. The van der Waals surface area contributed by atoms with Gasteiger partial charge in [-0.2, -0.15) is 5.10 Å². The van der Waals surface area contributed by atoms with Gasteiger partial charge in [-0.05, 0) is 50.6 Å². The maximum Gasteiger partial charge on any atom is 0.219 e. The van der Waals surface area contributed by atoms with Gasteiger partial charge in [-0.15, -0.1) is 0 Å². The average Bonchev–Trinajstić information content (AvgIpc) is 3.43. The van der Waals surface area contributed by atoms with Gasteiger partial charge in [-0.1, -0.05) is 0 Å². The van der Waals surface area contributed by atoms with E-state index < -0.39 is 0 Å². The van der Waals surface area contributed by atoms with Gasteiger partial charge >= 0.3 is 0 Å². The molecule has 9 heteroatoms. The highest BCUT2D eigenvalue weighted by atomic mass is 16.5. The van der Waals surface area contributed by atoms with Crippen molar-refractivity contribution in [1.29, 1.82) is 0 Å². The molecule has 1 atom stereocenters. The van der Waals surface area contributed by atoms with Gasteiger partial charge in [-0.3, -0.25) is 9.58 Å². The van der Waals surface area contributed by atoms with E-state index in [0.717, 1.165) is 29.7 Å². The van der Waals surface area contributed by atoms with Crippen LogP contribution in [0.25, 0.3) is 10.9 Å². The summed E-state index contributed by atoms with van der Waals surface area (Å²) < 4.78 is 13.6. The zero-order valence-corrected chi connectivity index (χ0v) is 18.8. The van der Waals surface area contributed by atoms with Crippen molar-refractivity contribution in [2.75, 3.05) is 25.0 Å². The lowest BCUT2D eigenvalue weighted by Gasteiger charge is -2.20. The van der Waals surface area contributed by atoms with Crippen molar-refractivity contribution in [3.8, 4) is 17.4 Å². The number of ether oxygens (including phenoxy) is 2. The summed E-state index contributed by atoms with van der Waals surface area (Å²) in [7, 11) is 1.87. The van der Waals surface area contributed by atoms with Gasteiger partial charge in [0.05, 0.1) is 11.7 Å². The fourth-order valence-electron chi connectivity index (χ4n) is 4.04. The summed E-state index contributed by atoms with van der Waals surface area (Å²) in [6.45, 7) is 5.03. The SMILES string of the molecule is C[C@H]1CCCN1CCOc1ccc(Oc2ccc3ncnc(Nc4ccn(C)n4)c3c2)nc1. The van der Waals surface area contributed by atoms with Crippen molar-refractivity contribution in [1.82, 2.24) is 29.6 Å². The molecule has 1 N–H and O–H groups in total. The van der Waals surface area contributed by atoms with Crippen LogP contribution in [-0.2, 0) is 7.05 Å². The van der Waals surface area contributed by atoms with Crippen LogP contribution in [0, 0.1) is 0 Å². The molecule has 0 amide bonds. The zero-order chi connectivity index (χ0) is 22.6. The summed E-state index contributed by atoms with van der Waals surface area (Å²) in [6.07, 6.45) is 7.64. The summed E-state index contributed by atoms with van der Waals surface area (Å²) in [4.78, 5) is 15.6. The van der Waals surface area contributed by atoms with Gasteiger partial charge < -0.3 is 14.8 Å². The molecule has 1 aliphatic heterocycles. The molecule has 1 saturated heterocycles. The fourth-order valence-corrected chi connectivity index (χ4v) is 4.04. The fraction of sp³-hybridized carbons (Fsp3) is 0.333. The van der Waals surface area contributed by atoms with E-state index >= 15 is 0 Å². The Kier molecular flexibility index (Phi) is 6.03.